The van der Waals surface area contributed by atoms with Crippen LogP contribution in [0.25, 0.3) is 4.85 Å². The van der Waals surface area contributed by atoms with Crippen LogP contribution >= 0.6 is 0 Å². The van der Waals surface area contributed by atoms with E-state index in [4.69, 9.17) is 4.74 Å². The van der Waals surface area contributed by atoms with Crippen LogP contribution in [-0.4, -0.2) is 49.9 Å². The molecule has 0 aliphatic carbocycles. The van der Waals surface area contributed by atoms with Gasteiger partial charge in [-0.2, -0.15) is 0 Å². The normalized spacial score (nSPS) is 25.9. The van der Waals surface area contributed by atoms with Gasteiger partial charge in [0, 0.05) is 19.7 Å². The molecule has 21 heavy (non-hydrogen) atoms. The van der Waals surface area contributed by atoms with Crippen molar-refractivity contribution >= 4 is 5.84 Å². The molecule has 2 aliphatic rings. The number of amidine groups is 1. The maximum Gasteiger partial charge on any atom is 0.308 e. The van der Waals surface area contributed by atoms with Gasteiger partial charge in [-0.05, 0) is 24.6 Å². The summed E-state index contributed by atoms with van der Waals surface area (Å²) >= 11 is 0. The van der Waals surface area contributed by atoms with Gasteiger partial charge in [0.2, 0.25) is 0 Å². The van der Waals surface area contributed by atoms with Crippen molar-refractivity contribution in [1.82, 2.24) is 15.8 Å². The van der Waals surface area contributed by atoms with Gasteiger partial charge in [0.1, 0.15) is 12.5 Å². The number of hydrogen-bond acceptors (Lipinski definition) is 5. The fourth-order valence-corrected chi connectivity index (χ4v) is 2.34. The Hall–Kier alpha value is -1.68. The lowest BCUT2D eigenvalue weighted by Crippen LogP contribution is -2.51. The number of nitrogens with zero attached hydrogens (tertiary/aromatic N) is 3. The number of allylic oxidation sites excluding steroid dienone is 3. The highest BCUT2D eigenvalue weighted by molar-refractivity contribution is 5.88. The van der Waals surface area contributed by atoms with Crippen molar-refractivity contribution in [3.05, 3.63) is 29.3 Å². The minimum absolute atomic E-state index is 0.0883. The fraction of sp³-hybridized carbons (Fsp3) is 0.600. The zero-order valence-electron chi connectivity index (χ0n) is 12.7. The molecule has 6 nitrogen and oxygen atoms in total. The molecular weight excluding hydrogens is 266 g/mol. The van der Waals surface area contributed by atoms with Crippen molar-refractivity contribution in [2.24, 2.45) is 4.99 Å². The molecule has 2 rings (SSSR count). The second-order valence-electron chi connectivity index (χ2n) is 4.99. The summed E-state index contributed by atoms with van der Waals surface area (Å²) in [6.45, 7) is 4.21. The Bertz CT molecular complexity index is 474. The van der Waals surface area contributed by atoms with Gasteiger partial charge in [-0.3, -0.25) is 10.0 Å². The van der Waals surface area contributed by atoms with Crippen molar-refractivity contribution in [1.29, 1.82) is 0 Å². The molecule has 0 amide bonds. The fourth-order valence-electron chi connectivity index (χ4n) is 2.34. The topological polar surface area (TPSA) is 53.2 Å². The first-order valence-electron chi connectivity index (χ1n) is 7.39. The Labute approximate surface area is 126 Å². The van der Waals surface area contributed by atoms with Crippen LogP contribution in [0.3, 0.4) is 0 Å². The standard InChI is InChI=1S/C15H24N5O/c1-13(17-9-10-21-2)15-18-12-19-20(15)14-7-5-3-4-6-8-16-11-14/h3-4,6,8,13-14,17,19H,5,7,9-10,12H2,1-2H3/q+1/b4-3-,8-6-. The Morgan fingerprint density at radius 1 is 1.62 bits per heavy atom. The molecule has 6 heteroatoms. The number of hydrazine groups is 1. The van der Waals surface area contributed by atoms with Crippen molar-refractivity contribution < 1.29 is 4.74 Å². The van der Waals surface area contributed by atoms with E-state index in [2.05, 4.69) is 44.7 Å². The molecule has 2 unspecified atom stereocenters. The second-order valence-corrected chi connectivity index (χ2v) is 4.99. The quantitative estimate of drug-likeness (QED) is 0.725. The van der Waals surface area contributed by atoms with Crippen LogP contribution < -0.4 is 10.7 Å². The molecule has 114 valence electrons. The molecule has 0 aromatic rings. The molecule has 0 saturated heterocycles. The van der Waals surface area contributed by atoms with E-state index in [9.17, 15) is 0 Å². The van der Waals surface area contributed by atoms with Gasteiger partial charge in [0.15, 0.2) is 6.04 Å². The van der Waals surface area contributed by atoms with Crippen LogP contribution in [0, 0.1) is 6.07 Å². The van der Waals surface area contributed by atoms with Crippen molar-refractivity contribution in [2.75, 3.05) is 26.9 Å². The van der Waals surface area contributed by atoms with Crippen molar-refractivity contribution in [3.63, 3.8) is 0 Å². The molecule has 0 saturated carbocycles. The largest absolute Gasteiger partial charge is 0.383 e. The van der Waals surface area contributed by atoms with Gasteiger partial charge in [0.25, 0.3) is 0 Å². The van der Waals surface area contributed by atoms with Crippen LogP contribution in [0.5, 0.6) is 0 Å². The highest BCUT2D eigenvalue weighted by Crippen LogP contribution is 2.12. The number of ether oxygens (including phenoxy) is 1. The van der Waals surface area contributed by atoms with Gasteiger partial charge >= 0.3 is 12.3 Å². The number of rotatable bonds is 6. The van der Waals surface area contributed by atoms with Crippen LogP contribution in [0.2, 0.25) is 0 Å². The van der Waals surface area contributed by atoms with E-state index in [0.29, 0.717) is 13.3 Å². The number of hydrogen-bond donors (Lipinski definition) is 2. The van der Waals surface area contributed by atoms with Crippen LogP contribution in [0.15, 0.2) is 29.4 Å². The SMILES string of the molecule is COCCNC(C)C1=NCNN1C1C#[N+]/C=C\C=C/CC1. The third-order valence-electron chi connectivity index (χ3n) is 3.42. The predicted molar refractivity (Wildman–Crippen MR) is 85.2 cm³/mol. The summed E-state index contributed by atoms with van der Waals surface area (Å²) in [5.74, 6) is 1.01. The Morgan fingerprint density at radius 2 is 2.52 bits per heavy atom. The summed E-state index contributed by atoms with van der Waals surface area (Å²) < 4.78 is 5.07. The third-order valence-corrected chi connectivity index (χ3v) is 3.42. The molecule has 2 aliphatic heterocycles. The summed E-state index contributed by atoms with van der Waals surface area (Å²) in [5.41, 5.74) is 3.30. The average Bonchev–Trinajstić information content (AvgIpc) is 3.00. The molecule has 0 radical (unpaired) electrons. The predicted octanol–water partition coefficient (Wildman–Crippen LogP) is 1.35. The zero-order valence-corrected chi connectivity index (χ0v) is 12.7. The maximum absolute atomic E-state index is 5.07. The van der Waals surface area contributed by atoms with Crippen LogP contribution in [-0.2, 0) is 4.74 Å². The first-order valence-corrected chi connectivity index (χ1v) is 7.39. The summed E-state index contributed by atoms with van der Waals surface area (Å²) in [5, 5.41) is 5.50. The van der Waals surface area contributed by atoms with Crippen molar-refractivity contribution in [3.8, 4) is 6.07 Å². The van der Waals surface area contributed by atoms with E-state index in [1.54, 1.807) is 13.3 Å². The van der Waals surface area contributed by atoms with E-state index < -0.39 is 0 Å². The minimum atomic E-state index is 0.0883. The summed E-state index contributed by atoms with van der Waals surface area (Å²) in [6, 6.07) is 3.43. The lowest BCUT2D eigenvalue weighted by atomic mass is 10.1. The molecule has 0 spiro atoms. The molecule has 0 aromatic heterocycles. The molecule has 2 N–H and O–H groups in total. The first kappa shape index (κ1) is 15.7. The summed E-state index contributed by atoms with van der Waals surface area (Å²) in [7, 11) is 1.71. The first-order chi connectivity index (χ1) is 10.3. The summed E-state index contributed by atoms with van der Waals surface area (Å²) in [6.07, 6.45) is 9.82. The van der Waals surface area contributed by atoms with Gasteiger partial charge < -0.3 is 10.1 Å². The lowest BCUT2D eigenvalue weighted by Gasteiger charge is -2.27. The molecule has 2 heterocycles. The Morgan fingerprint density at radius 3 is 3.38 bits per heavy atom. The minimum Gasteiger partial charge on any atom is -0.383 e. The number of aliphatic imine (C=N–C) groups is 1. The number of nitrogens with one attached hydrogen (secondary N) is 2. The second kappa shape index (κ2) is 8.57. The van der Waals surface area contributed by atoms with E-state index in [-0.39, 0.29) is 12.1 Å². The Kier molecular flexibility index (Phi) is 6.41. The van der Waals surface area contributed by atoms with E-state index in [1.807, 2.05) is 12.2 Å². The molecule has 2 atom stereocenters. The van der Waals surface area contributed by atoms with Crippen LogP contribution in [0.4, 0.5) is 0 Å². The van der Waals surface area contributed by atoms with Crippen molar-refractivity contribution in [2.45, 2.75) is 31.8 Å². The van der Waals surface area contributed by atoms with Gasteiger partial charge in [-0.25, -0.2) is 5.43 Å². The van der Waals surface area contributed by atoms with Gasteiger partial charge in [-0.15, -0.1) is 0 Å². The molecule has 0 bridgehead atoms. The maximum atomic E-state index is 5.07. The molecule has 0 fully saturated rings. The monoisotopic (exact) mass is 290 g/mol. The highest BCUT2D eigenvalue weighted by atomic mass is 16.5. The van der Waals surface area contributed by atoms with Gasteiger partial charge in [0.05, 0.1) is 12.6 Å². The third kappa shape index (κ3) is 4.67. The average molecular weight is 290 g/mol. The van der Waals surface area contributed by atoms with E-state index in [1.165, 1.54) is 0 Å². The van der Waals surface area contributed by atoms with Gasteiger partial charge in [-0.1, -0.05) is 12.2 Å². The smallest absolute Gasteiger partial charge is 0.308 e. The number of methoxy groups -OCH3 is 1. The van der Waals surface area contributed by atoms with E-state index in [0.717, 1.165) is 25.2 Å². The Balaban J connectivity index is 1.99. The van der Waals surface area contributed by atoms with E-state index >= 15 is 0 Å². The zero-order chi connectivity index (χ0) is 14.9. The molecular formula is C15H24N5O+. The summed E-state index contributed by atoms with van der Waals surface area (Å²) in [4.78, 5) is 8.79. The lowest BCUT2D eigenvalue weighted by molar-refractivity contribution is 0.197. The molecule has 0 aromatic carbocycles. The van der Waals surface area contributed by atoms with Crippen LogP contribution in [0.1, 0.15) is 19.8 Å². The highest BCUT2D eigenvalue weighted by Gasteiger charge is 2.30.